The van der Waals surface area contributed by atoms with Gasteiger partial charge < -0.3 is 4.74 Å². The van der Waals surface area contributed by atoms with Gasteiger partial charge in [0.1, 0.15) is 0 Å². The molecule has 0 saturated heterocycles. The zero-order chi connectivity index (χ0) is 11.8. The van der Waals surface area contributed by atoms with Gasteiger partial charge in [-0.3, -0.25) is 20.4 Å². The van der Waals surface area contributed by atoms with Crippen LogP contribution in [0, 0.1) is 0 Å². The first-order valence-electron chi connectivity index (χ1n) is 4.42. The van der Waals surface area contributed by atoms with Crippen LogP contribution >= 0.6 is 0 Å². The predicted octanol–water partition coefficient (Wildman–Crippen LogP) is -0.337. The number of rotatable bonds is 3. The van der Waals surface area contributed by atoms with E-state index in [0.717, 1.165) is 0 Å². The molecule has 0 aromatic heterocycles. The summed E-state index contributed by atoms with van der Waals surface area (Å²) in [5.74, 6) is -2.61. The van der Waals surface area contributed by atoms with Crippen molar-refractivity contribution in [1.29, 1.82) is 0 Å². The molecule has 0 radical (unpaired) electrons. The van der Waals surface area contributed by atoms with Crippen LogP contribution in [0.15, 0.2) is 12.2 Å². The molecule has 0 aliphatic rings. The Morgan fingerprint density at radius 1 is 1.20 bits per heavy atom. The molecule has 15 heavy (non-hydrogen) atoms. The molecule has 0 aromatic carbocycles. The Labute approximate surface area is 87.6 Å². The molecule has 0 atom stereocenters. The second kappa shape index (κ2) is 6.58. The van der Waals surface area contributed by atoms with Crippen molar-refractivity contribution in [3.05, 3.63) is 12.2 Å². The topological polar surface area (TPSA) is 84.5 Å². The minimum absolute atomic E-state index is 0.167. The molecule has 2 amide bonds. The van der Waals surface area contributed by atoms with Crippen molar-refractivity contribution in [2.45, 2.75) is 20.3 Å². The Bertz CT molecular complexity index is 286. The smallest absolute Gasteiger partial charge is 0.398 e. The van der Waals surface area contributed by atoms with Crippen LogP contribution in [0.1, 0.15) is 20.3 Å². The second-order valence-electron chi connectivity index (χ2n) is 2.82. The van der Waals surface area contributed by atoms with Crippen molar-refractivity contribution >= 4 is 17.8 Å². The van der Waals surface area contributed by atoms with Crippen LogP contribution in [0.5, 0.6) is 0 Å². The Hall–Kier alpha value is -1.85. The Morgan fingerprint density at radius 2 is 1.73 bits per heavy atom. The minimum Gasteiger partial charge on any atom is -0.459 e. The highest BCUT2D eigenvalue weighted by molar-refractivity contribution is 6.32. The van der Waals surface area contributed by atoms with Gasteiger partial charge in [0.05, 0.1) is 6.61 Å². The first-order valence-corrected chi connectivity index (χ1v) is 4.42. The number of hydrogen-bond acceptors (Lipinski definition) is 4. The van der Waals surface area contributed by atoms with Crippen molar-refractivity contribution in [1.82, 2.24) is 10.9 Å². The van der Waals surface area contributed by atoms with Gasteiger partial charge in [-0.1, -0.05) is 13.5 Å². The lowest BCUT2D eigenvalue weighted by Crippen LogP contribution is -2.45. The third-order valence-corrected chi connectivity index (χ3v) is 1.30. The maximum Gasteiger partial charge on any atom is 0.398 e. The van der Waals surface area contributed by atoms with Crippen LogP contribution in [0.3, 0.4) is 0 Å². The molecule has 0 unspecified atom stereocenters. The van der Waals surface area contributed by atoms with Gasteiger partial charge >= 0.3 is 11.9 Å². The number of amides is 2. The van der Waals surface area contributed by atoms with E-state index >= 15 is 0 Å². The summed E-state index contributed by atoms with van der Waals surface area (Å²) in [7, 11) is 0. The van der Waals surface area contributed by atoms with Crippen molar-refractivity contribution in [2.24, 2.45) is 0 Å². The van der Waals surface area contributed by atoms with E-state index in [1.165, 1.54) is 6.92 Å². The first kappa shape index (κ1) is 13.2. The van der Waals surface area contributed by atoms with Crippen molar-refractivity contribution in [2.75, 3.05) is 6.61 Å². The largest absolute Gasteiger partial charge is 0.459 e. The van der Waals surface area contributed by atoms with Crippen molar-refractivity contribution in [3.8, 4) is 0 Å². The molecule has 0 aliphatic heterocycles. The van der Waals surface area contributed by atoms with Crippen LogP contribution in [-0.2, 0) is 19.1 Å². The summed E-state index contributed by atoms with van der Waals surface area (Å²) in [6.45, 7) is 6.78. The first-order chi connectivity index (χ1) is 6.99. The molecular weight excluding hydrogens is 200 g/mol. The SMILES string of the molecule is C=C(C)C(=O)NNC(=O)C(=O)OCCC. The number of esters is 1. The van der Waals surface area contributed by atoms with Gasteiger partial charge in [0.15, 0.2) is 0 Å². The van der Waals surface area contributed by atoms with Gasteiger partial charge in [-0.2, -0.15) is 0 Å². The molecule has 0 saturated carbocycles. The van der Waals surface area contributed by atoms with E-state index in [-0.39, 0.29) is 12.2 Å². The monoisotopic (exact) mass is 214 g/mol. The number of carbonyl (C=O) groups excluding carboxylic acids is 3. The average molecular weight is 214 g/mol. The molecule has 0 heterocycles. The molecule has 84 valence electrons. The normalized spacial score (nSPS) is 8.93. The summed E-state index contributed by atoms with van der Waals surface area (Å²) in [6.07, 6.45) is 0.622. The van der Waals surface area contributed by atoms with E-state index in [9.17, 15) is 14.4 Å². The average Bonchev–Trinajstić information content (AvgIpc) is 2.21. The molecule has 0 bridgehead atoms. The van der Waals surface area contributed by atoms with Gasteiger partial charge in [-0.15, -0.1) is 0 Å². The summed E-state index contributed by atoms with van der Waals surface area (Å²) in [5.41, 5.74) is 4.12. The Balaban J connectivity index is 3.88. The standard InChI is InChI=1S/C9H14N2O4/c1-4-5-15-9(14)8(13)11-10-7(12)6(2)3/h2,4-5H2,1,3H3,(H,10,12)(H,11,13). The van der Waals surface area contributed by atoms with Crippen molar-refractivity contribution in [3.63, 3.8) is 0 Å². The molecule has 0 aromatic rings. The zero-order valence-corrected chi connectivity index (χ0v) is 8.75. The van der Waals surface area contributed by atoms with E-state index < -0.39 is 17.8 Å². The molecular formula is C9H14N2O4. The summed E-state index contributed by atoms with van der Waals surface area (Å²) >= 11 is 0. The Morgan fingerprint density at radius 3 is 2.20 bits per heavy atom. The van der Waals surface area contributed by atoms with Crippen molar-refractivity contribution < 1.29 is 19.1 Å². The molecule has 2 N–H and O–H groups in total. The zero-order valence-electron chi connectivity index (χ0n) is 8.75. The number of hydrazine groups is 1. The highest BCUT2D eigenvalue weighted by atomic mass is 16.5. The number of hydrogen-bond donors (Lipinski definition) is 2. The van der Waals surface area contributed by atoms with Gasteiger partial charge in [0, 0.05) is 5.57 Å². The van der Waals surface area contributed by atoms with Gasteiger partial charge in [-0.05, 0) is 13.3 Å². The lowest BCUT2D eigenvalue weighted by molar-refractivity contribution is -0.155. The molecule has 0 fully saturated rings. The van der Waals surface area contributed by atoms with E-state index in [1.807, 2.05) is 10.9 Å². The maximum atomic E-state index is 10.9. The highest BCUT2D eigenvalue weighted by Crippen LogP contribution is 1.84. The summed E-state index contributed by atoms with van der Waals surface area (Å²) in [6, 6.07) is 0. The van der Waals surface area contributed by atoms with Gasteiger partial charge in [0.25, 0.3) is 5.91 Å². The fraction of sp³-hybridized carbons (Fsp3) is 0.444. The lowest BCUT2D eigenvalue weighted by Gasteiger charge is -2.06. The molecule has 0 rings (SSSR count). The van der Waals surface area contributed by atoms with Crippen LogP contribution in [0.4, 0.5) is 0 Å². The van der Waals surface area contributed by atoms with Gasteiger partial charge in [0.2, 0.25) is 0 Å². The third kappa shape index (κ3) is 5.45. The highest BCUT2D eigenvalue weighted by Gasteiger charge is 2.15. The van der Waals surface area contributed by atoms with E-state index in [4.69, 9.17) is 0 Å². The lowest BCUT2D eigenvalue weighted by atomic mass is 10.3. The second-order valence-corrected chi connectivity index (χ2v) is 2.82. The fourth-order valence-corrected chi connectivity index (χ4v) is 0.532. The predicted molar refractivity (Wildman–Crippen MR) is 52.3 cm³/mol. The van der Waals surface area contributed by atoms with Crippen LogP contribution < -0.4 is 10.9 Å². The molecule has 6 heteroatoms. The van der Waals surface area contributed by atoms with Crippen LogP contribution in [-0.4, -0.2) is 24.4 Å². The van der Waals surface area contributed by atoms with E-state index in [2.05, 4.69) is 11.3 Å². The van der Waals surface area contributed by atoms with Gasteiger partial charge in [-0.25, -0.2) is 4.79 Å². The Kier molecular flexibility index (Phi) is 5.77. The number of ether oxygens (including phenoxy) is 1. The summed E-state index contributed by atoms with van der Waals surface area (Å²) < 4.78 is 4.52. The minimum atomic E-state index is -1.03. The van der Waals surface area contributed by atoms with Crippen LogP contribution in [0.25, 0.3) is 0 Å². The summed E-state index contributed by atoms with van der Waals surface area (Å²) in [4.78, 5) is 32.7. The molecule has 0 spiro atoms. The fourth-order valence-electron chi connectivity index (χ4n) is 0.532. The third-order valence-electron chi connectivity index (χ3n) is 1.30. The summed E-state index contributed by atoms with van der Waals surface area (Å²) in [5, 5.41) is 0. The van der Waals surface area contributed by atoms with E-state index in [0.29, 0.717) is 6.42 Å². The molecule has 0 aliphatic carbocycles. The number of nitrogens with one attached hydrogen (secondary N) is 2. The maximum absolute atomic E-state index is 10.9. The molecule has 6 nitrogen and oxygen atoms in total. The van der Waals surface area contributed by atoms with E-state index in [1.54, 1.807) is 6.92 Å². The quantitative estimate of drug-likeness (QED) is 0.291. The van der Waals surface area contributed by atoms with Crippen LogP contribution in [0.2, 0.25) is 0 Å². The number of carbonyl (C=O) groups is 3.